The van der Waals surface area contributed by atoms with Crippen LogP contribution in [0, 0.1) is 5.41 Å². The molecular weight excluding hydrogens is 192 g/mol. The number of nitrogens with zero attached hydrogens (tertiary/aromatic N) is 1. The summed E-state index contributed by atoms with van der Waals surface area (Å²) in [5, 5.41) is 0. The van der Waals surface area contributed by atoms with E-state index in [2.05, 4.69) is 4.90 Å². The SMILES string of the molecule is C[C@H](N)C(=O)OCC12CCN(CC1)CC2. The van der Waals surface area contributed by atoms with Crippen LogP contribution in [0.25, 0.3) is 0 Å². The molecule has 3 fully saturated rings. The van der Waals surface area contributed by atoms with E-state index in [1.54, 1.807) is 6.92 Å². The molecule has 2 N–H and O–H groups in total. The van der Waals surface area contributed by atoms with Crippen molar-refractivity contribution in [3.63, 3.8) is 0 Å². The monoisotopic (exact) mass is 212 g/mol. The van der Waals surface area contributed by atoms with E-state index in [1.807, 2.05) is 0 Å². The first-order chi connectivity index (χ1) is 7.11. The van der Waals surface area contributed by atoms with Gasteiger partial charge in [-0.3, -0.25) is 4.79 Å². The maximum absolute atomic E-state index is 11.3. The lowest BCUT2D eigenvalue weighted by atomic mass is 9.73. The zero-order valence-electron chi connectivity index (χ0n) is 9.37. The van der Waals surface area contributed by atoms with Gasteiger partial charge in [0, 0.05) is 5.41 Å². The summed E-state index contributed by atoms with van der Waals surface area (Å²) in [4.78, 5) is 13.8. The van der Waals surface area contributed by atoms with Crippen molar-refractivity contribution in [3.8, 4) is 0 Å². The summed E-state index contributed by atoms with van der Waals surface area (Å²) in [6.45, 7) is 5.73. The average molecular weight is 212 g/mol. The highest BCUT2D eigenvalue weighted by Gasteiger charge is 2.40. The molecule has 3 aliphatic heterocycles. The van der Waals surface area contributed by atoms with Crippen LogP contribution in [0.5, 0.6) is 0 Å². The average Bonchev–Trinajstić information content (AvgIpc) is 2.28. The van der Waals surface area contributed by atoms with Crippen LogP contribution in [0.2, 0.25) is 0 Å². The van der Waals surface area contributed by atoms with Crippen molar-refractivity contribution in [3.05, 3.63) is 0 Å². The molecule has 1 atom stereocenters. The van der Waals surface area contributed by atoms with Gasteiger partial charge in [0.25, 0.3) is 0 Å². The van der Waals surface area contributed by atoms with Gasteiger partial charge in [0.2, 0.25) is 0 Å². The summed E-state index contributed by atoms with van der Waals surface area (Å²) in [7, 11) is 0. The third kappa shape index (κ3) is 2.32. The number of carbonyl (C=O) groups is 1. The number of rotatable bonds is 3. The molecule has 0 aromatic rings. The smallest absolute Gasteiger partial charge is 0.322 e. The summed E-state index contributed by atoms with van der Waals surface area (Å²) < 4.78 is 5.28. The lowest BCUT2D eigenvalue weighted by Crippen LogP contribution is -2.50. The third-order valence-electron chi connectivity index (χ3n) is 3.77. The standard InChI is InChI=1S/C11H20N2O2/c1-9(12)10(14)15-8-11-2-5-13(6-3-11)7-4-11/h9H,2-8,12H2,1H3/t9-/m0/s1. The van der Waals surface area contributed by atoms with E-state index in [4.69, 9.17) is 10.5 Å². The van der Waals surface area contributed by atoms with Crippen LogP contribution in [-0.2, 0) is 9.53 Å². The maximum Gasteiger partial charge on any atom is 0.322 e. The van der Waals surface area contributed by atoms with Gasteiger partial charge in [-0.25, -0.2) is 0 Å². The molecule has 0 spiro atoms. The highest BCUT2D eigenvalue weighted by atomic mass is 16.5. The van der Waals surface area contributed by atoms with E-state index in [0.717, 1.165) is 19.6 Å². The number of ether oxygens (including phenoxy) is 1. The van der Waals surface area contributed by atoms with E-state index in [0.29, 0.717) is 6.61 Å². The number of esters is 1. The predicted molar refractivity (Wildman–Crippen MR) is 57.3 cm³/mol. The number of carbonyl (C=O) groups excluding carboxylic acids is 1. The Morgan fingerprint density at radius 1 is 1.40 bits per heavy atom. The molecule has 0 saturated carbocycles. The fraction of sp³-hybridized carbons (Fsp3) is 0.909. The van der Waals surface area contributed by atoms with Crippen LogP contribution in [0.4, 0.5) is 0 Å². The molecule has 86 valence electrons. The van der Waals surface area contributed by atoms with Gasteiger partial charge in [-0.1, -0.05) is 0 Å². The van der Waals surface area contributed by atoms with Gasteiger partial charge in [0.1, 0.15) is 6.04 Å². The van der Waals surface area contributed by atoms with Gasteiger partial charge in [0.15, 0.2) is 0 Å². The quantitative estimate of drug-likeness (QED) is 0.686. The second-order valence-corrected chi connectivity index (χ2v) is 4.99. The van der Waals surface area contributed by atoms with Crippen LogP contribution in [0.3, 0.4) is 0 Å². The fourth-order valence-corrected chi connectivity index (χ4v) is 2.47. The first-order valence-electron chi connectivity index (χ1n) is 5.76. The molecule has 2 bridgehead atoms. The van der Waals surface area contributed by atoms with Crippen molar-refractivity contribution in [1.29, 1.82) is 0 Å². The van der Waals surface area contributed by atoms with E-state index in [-0.39, 0.29) is 11.4 Å². The number of piperidine rings is 3. The van der Waals surface area contributed by atoms with Gasteiger partial charge >= 0.3 is 5.97 Å². The molecule has 0 aromatic heterocycles. The number of hydrogen-bond acceptors (Lipinski definition) is 4. The zero-order valence-corrected chi connectivity index (χ0v) is 9.37. The Balaban J connectivity index is 1.85. The summed E-state index contributed by atoms with van der Waals surface area (Å²) in [5.41, 5.74) is 5.73. The van der Waals surface area contributed by atoms with Crippen LogP contribution in [-0.4, -0.2) is 43.2 Å². The van der Waals surface area contributed by atoms with Crippen molar-refractivity contribution in [2.75, 3.05) is 26.2 Å². The Morgan fingerprint density at radius 3 is 2.40 bits per heavy atom. The van der Waals surface area contributed by atoms with Crippen LogP contribution in [0.15, 0.2) is 0 Å². The summed E-state index contributed by atoms with van der Waals surface area (Å²) >= 11 is 0. The van der Waals surface area contributed by atoms with Crippen molar-refractivity contribution in [2.24, 2.45) is 11.1 Å². The Kier molecular flexibility index (Phi) is 2.98. The zero-order chi connectivity index (χ0) is 10.9. The molecule has 0 aromatic carbocycles. The minimum atomic E-state index is -0.495. The Labute approximate surface area is 90.8 Å². The Hall–Kier alpha value is -0.610. The summed E-state index contributed by atoms with van der Waals surface area (Å²) in [6.07, 6.45) is 3.50. The summed E-state index contributed by atoms with van der Waals surface area (Å²) in [5.74, 6) is -0.266. The number of nitrogens with two attached hydrogens (primary N) is 1. The molecule has 0 aliphatic carbocycles. The van der Waals surface area contributed by atoms with Gasteiger partial charge in [-0.05, 0) is 45.8 Å². The van der Waals surface area contributed by atoms with Gasteiger partial charge < -0.3 is 15.4 Å². The lowest BCUT2D eigenvalue weighted by Gasteiger charge is -2.47. The third-order valence-corrected chi connectivity index (χ3v) is 3.77. The van der Waals surface area contributed by atoms with Crippen molar-refractivity contribution in [2.45, 2.75) is 32.2 Å². The Bertz CT molecular complexity index is 231. The molecule has 0 unspecified atom stereocenters. The van der Waals surface area contributed by atoms with Gasteiger partial charge in [-0.2, -0.15) is 0 Å². The molecule has 0 radical (unpaired) electrons. The minimum Gasteiger partial charge on any atom is -0.464 e. The highest BCUT2D eigenvalue weighted by molar-refractivity contribution is 5.74. The first-order valence-corrected chi connectivity index (χ1v) is 5.76. The van der Waals surface area contributed by atoms with E-state index in [9.17, 15) is 4.79 Å². The molecule has 0 amide bonds. The van der Waals surface area contributed by atoms with Crippen LogP contribution >= 0.6 is 0 Å². The van der Waals surface area contributed by atoms with Crippen molar-refractivity contribution in [1.82, 2.24) is 4.90 Å². The molecular formula is C11H20N2O2. The molecule has 3 rings (SSSR count). The van der Waals surface area contributed by atoms with Crippen LogP contribution < -0.4 is 5.73 Å². The minimum absolute atomic E-state index is 0.263. The number of fused-ring (bicyclic) bond motifs is 3. The maximum atomic E-state index is 11.3. The molecule has 3 aliphatic rings. The van der Waals surface area contributed by atoms with Gasteiger partial charge in [-0.15, -0.1) is 0 Å². The fourth-order valence-electron chi connectivity index (χ4n) is 2.47. The summed E-state index contributed by atoms with van der Waals surface area (Å²) in [6, 6.07) is -0.495. The van der Waals surface area contributed by atoms with Crippen LogP contribution in [0.1, 0.15) is 26.2 Å². The molecule has 15 heavy (non-hydrogen) atoms. The molecule has 3 heterocycles. The van der Waals surface area contributed by atoms with E-state index in [1.165, 1.54) is 19.3 Å². The molecule has 4 nitrogen and oxygen atoms in total. The number of hydrogen-bond donors (Lipinski definition) is 1. The second-order valence-electron chi connectivity index (χ2n) is 4.99. The largest absolute Gasteiger partial charge is 0.464 e. The first kappa shape index (κ1) is 10.9. The molecule has 3 saturated heterocycles. The van der Waals surface area contributed by atoms with E-state index < -0.39 is 6.04 Å². The topological polar surface area (TPSA) is 55.6 Å². The second kappa shape index (κ2) is 4.10. The lowest BCUT2D eigenvalue weighted by molar-refractivity contribution is -0.151. The predicted octanol–water partition coefficient (Wildman–Crippen LogP) is 0.363. The van der Waals surface area contributed by atoms with Crippen molar-refractivity contribution < 1.29 is 9.53 Å². The van der Waals surface area contributed by atoms with Crippen molar-refractivity contribution >= 4 is 5.97 Å². The van der Waals surface area contributed by atoms with E-state index >= 15 is 0 Å². The Morgan fingerprint density at radius 2 is 1.93 bits per heavy atom. The molecule has 4 heteroatoms. The normalized spacial score (nSPS) is 36.3. The highest BCUT2D eigenvalue weighted by Crippen LogP contribution is 2.40. The van der Waals surface area contributed by atoms with Gasteiger partial charge in [0.05, 0.1) is 6.61 Å².